The molecule has 4 rings (SSSR count). The van der Waals surface area contributed by atoms with Crippen LogP contribution in [0.1, 0.15) is 50.5 Å². The van der Waals surface area contributed by atoms with Crippen molar-refractivity contribution in [2.75, 3.05) is 39.9 Å². The van der Waals surface area contributed by atoms with Gasteiger partial charge in [-0.05, 0) is 37.7 Å². The first-order valence-electron chi connectivity index (χ1n) is 11.6. The minimum absolute atomic E-state index is 0. The summed E-state index contributed by atoms with van der Waals surface area (Å²) in [5, 5.41) is 7.15. The Hall–Kier alpha value is -1.35. The van der Waals surface area contributed by atoms with E-state index in [9.17, 15) is 4.79 Å². The Morgan fingerprint density at radius 2 is 1.87 bits per heavy atom. The van der Waals surface area contributed by atoms with Gasteiger partial charge in [-0.2, -0.15) is 0 Å². The lowest BCUT2D eigenvalue weighted by Crippen LogP contribution is -2.50. The monoisotopic (exact) mass is 540 g/mol. The fraction of sp³-hybridized carbons (Fsp3) is 0.667. The molecule has 0 bridgehead atoms. The zero-order valence-electron chi connectivity index (χ0n) is 18.6. The average molecular weight is 540 g/mol. The quantitative estimate of drug-likeness (QED) is 0.342. The van der Waals surface area contributed by atoms with Crippen LogP contribution >= 0.6 is 24.0 Å². The molecular weight excluding hydrogens is 503 g/mol. The van der Waals surface area contributed by atoms with Crippen molar-refractivity contribution in [3.63, 3.8) is 0 Å². The van der Waals surface area contributed by atoms with Crippen LogP contribution in [0.3, 0.4) is 0 Å². The number of nitrogens with one attached hydrogen (secondary N) is 2. The Labute approximate surface area is 203 Å². The van der Waals surface area contributed by atoms with Crippen molar-refractivity contribution in [1.29, 1.82) is 0 Å². The predicted octanol–water partition coefficient (Wildman–Crippen LogP) is 3.31. The molecule has 1 atom stereocenters. The lowest BCUT2D eigenvalue weighted by molar-refractivity contribution is -0.134. The molecule has 3 aliphatic rings. The van der Waals surface area contributed by atoms with Crippen LogP contribution in [0.25, 0.3) is 0 Å². The number of carbonyl (C=O) groups excluding carboxylic acids is 1. The van der Waals surface area contributed by atoms with Crippen LogP contribution in [0.4, 0.5) is 0 Å². The molecule has 172 valence electrons. The highest BCUT2D eigenvalue weighted by atomic mass is 127. The minimum atomic E-state index is 0. The number of benzene rings is 1. The Kier molecular flexibility index (Phi) is 9.01. The summed E-state index contributed by atoms with van der Waals surface area (Å²) in [7, 11) is 1.82. The van der Waals surface area contributed by atoms with Crippen molar-refractivity contribution in [3.05, 3.63) is 35.9 Å². The largest absolute Gasteiger partial charge is 0.381 e. The van der Waals surface area contributed by atoms with Crippen LogP contribution in [0.15, 0.2) is 35.3 Å². The van der Waals surface area contributed by atoms with Gasteiger partial charge in [-0.25, -0.2) is 0 Å². The first-order chi connectivity index (χ1) is 14.7. The average Bonchev–Trinajstić information content (AvgIpc) is 3.50. The molecule has 1 aliphatic carbocycles. The highest BCUT2D eigenvalue weighted by molar-refractivity contribution is 14.0. The number of nitrogens with zero attached hydrogens (tertiary/aromatic N) is 2. The first kappa shape index (κ1) is 24.3. The van der Waals surface area contributed by atoms with E-state index in [2.05, 4.69) is 50.9 Å². The number of carbonyl (C=O) groups is 1. The second-order valence-electron chi connectivity index (χ2n) is 9.08. The Balaban J connectivity index is 0.00000272. The molecular formula is C24H37IN4O2. The van der Waals surface area contributed by atoms with Gasteiger partial charge in [-0.1, -0.05) is 43.2 Å². The lowest BCUT2D eigenvalue weighted by atomic mass is 9.74. The summed E-state index contributed by atoms with van der Waals surface area (Å²) in [6.45, 7) is 4.06. The summed E-state index contributed by atoms with van der Waals surface area (Å²) in [5.74, 6) is 1.46. The van der Waals surface area contributed by atoms with E-state index in [0.29, 0.717) is 5.91 Å². The third-order valence-corrected chi connectivity index (χ3v) is 7.20. The fourth-order valence-corrected chi connectivity index (χ4v) is 5.27. The second kappa shape index (κ2) is 11.5. The van der Waals surface area contributed by atoms with E-state index in [-0.39, 0.29) is 41.4 Å². The van der Waals surface area contributed by atoms with Gasteiger partial charge in [-0.15, -0.1) is 24.0 Å². The predicted molar refractivity (Wildman–Crippen MR) is 135 cm³/mol. The smallest absolute Gasteiger partial charge is 0.225 e. The molecule has 2 heterocycles. The normalized spacial score (nSPS) is 24.0. The number of amides is 1. The molecule has 31 heavy (non-hydrogen) atoms. The summed E-state index contributed by atoms with van der Waals surface area (Å²) in [5.41, 5.74) is 1.43. The van der Waals surface area contributed by atoms with E-state index in [1.165, 1.54) is 18.4 Å². The van der Waals surface area contributed by atoms with Gasteiger partial charge in [0, 0.05) is 57.3 Å². The van der Waals surface area contributed by atoms with Crippen molar-refractivity contribution in [3.8, 4) is 0 Å². The first-order valence-corrected chi connectivity index (χ1v) is 11.6. The van der Waals surface area contributed by atoms with Gasteiger partial charge in [0.05, 0.1) is 0 Å². The SMILES string of the molecule is CN=C(NCC1(c2ccccc2)CCOCC1)NC1CCN(C(=O)C2CCCC2)C1.I. The van der Waals surface area contributed by atoms with Gasteiger partial charge in [0.2, 0.25) is 5.91 Å². The number of ether oxygens (including phenoxy) is 1. The van der Waals surface area contributed by atoms with Crippen LogP contribution in [0, 0.1) is 5.92 Å². The third-order valence-electron chi connectivity index (χ3n) is 7.20. The molecule has 0 aromatic heterocycles. The maximum absolute atomic E-state index is 12.7. The molecule has 1 saturated carbocycles. The number of guanidine groups is 1. The van der Waals surface area contributed by atoms with E-state index < -0.39 is 0 Å². The third kappa shape index (κ3) is 5.92. The van der Waals surface area contributed by atoms with Gasteiger partial charge in [0.15, 0.2) is 5.96 Å². The van der Waals surface area contributed by atoms with Crippen LogP contribution < -0.4 is 10.6 Å². The van der Waals surface area contributed by atoms with E-state index in [1.807, 2.05) is 7.05 Å². The summed E-state index contributed by atoms with van der Waals surface area (Å²) in [6, 6.07) is 11.0. The number of hydrogen-bond donors (Lipinski definition) is 2. The lowest BCUT2D eigenvalue weighted by Gasteiger charge is -2.38. The molecule has 6 nitrogen and oxygen atoms in total. The number of aliphatic imine (C=N–C) groups is 1. The molecule has 1 aromatic carbocycles. The zero-order chi connectivity index (χ0) is 20.8. The second-order valence-corrected chi connectivity index (χ2v) is 9.08. The van der Waals surface area contributed by atoms with Crippen LogP contribution in [-0.4, -0.2) is 62.7 Å². The van der Waals surface area contributed by atoms with Crippen molar-refractivity contribution >= 4 is 35.8 Å². The molecule has 2 saturated heterocycles. The Morgan fingerprint density at radius 3 is 2.55 bits per heavy atom. The van der Waals surface area contributed by atoms with Crippen molar-refractivity contribution < 1.29 is 9.53 Å². The van der Waals surface area contributed by atoms with E-state index in [1.54, 1.807) is 0 Å². The van der Waals surface area contributed by atoms with Gasteiger partial charge >= 0.3 is 0 Å². The molecule has 1 amide bonds. The van der Waals surface area contributed by atoms with E-state index in [4.69, 9.17) is 4.74 Å². The fourth-order valence-electron chi connectivity index (χ4n) is 5.27. The maximum atomic E-state index is 12.7. The standard InChI is InChI=1S/C24H36N4O2.HI/c1-25-23(27-21-11-14-28(17-21)22(29)19-7-5-6-8-19)26-18-24(12-15-30-16-13-24)20-9-3-2-4-10-20;/h2-4,9-10,19,21H,5-8,11-18H2,1H3,(H2,25,26,27);1H. The summed E-state index contributed by atoms with van der Waals surface area (Å²) >= 11 is 0. The van der Waals surface area contributed by atoms with Gasteiger partial charge in [0.1, 0.15) is 0 Å². The van der Waals surface area contributed by atoms with E-state index in [0.717, 1.165) is 70.9 Å². The molecule has 1 aromatic rings. The number of hydrogen-bond acceptors (Lipinski definition) is 3. The summed E-state index contributed by atoms with van der Waals surface area (Å²) in [6.07, 6.45) is 7.55. The van der Waals surface area contributed by atoms with Crippen LogP contribution in [0.5, 0.6) is 0 Å². The Morgan fingerprint density at radius 1 is 1.16 bits per heavy atom. The highest BCUT2D eigenvalue weighted by Crippen LogP contribution is 2.34. The van der Waals surface area contributed by atoms with E-state index >= 15 is 0 Å². The van der Waals surface area contributed by atoms with Crippen molar-refractivity contribution in [1.82, 2.24) is 15.5 Å². The molecule has 1 unspecified atom stereocenters. The number of rotatable bonds is 5. The van der Waals surface area contributed by atoms with Gasteiger partial charge in [0.25, 0.3) is 0 Å². The molecule has 2 aliphatic heterocycles. The topological polar surface area (TPSA) is 66.0 Å². The summed E-state index contributed by atoms with van der Waals surface area (Å²) in [4.78, 5) is 19.2. The Bertz CT molecular complexity index is 730. The van der Waals surface area contributed by atoms with Gasteiger partial charge in [-0.3, -0.25) is 9.79 Å². The number of likely N-dealkylation sites (tertiary alicyclic amines) is 1. The number of halogens is 1. The van der Waals surface area contributed by atoms with Crippen LogP contribution in [-0.2, 0) is 14.9 Å². The maximum Gasteiger partial charge on any atom is 0.225 e. The molecule has 7 heteroatoms. The van der Waals surface area contributed by atoms with Gasteiger partial charge < -0.3 is 20.3 Å². The molecule has 0 spiro atoms. The van der Waals surface area contributed by atoms with Crippen molar-refractivity contribution in [2.45, 2.75) is 56.4 Å². The highest BCUT2D eigenvalue weighted by Gasteiger charge is 2.35. The van der Waals surface area contributed by atoms with Crippen molar-refractivity contribution in [2.24, 2.45) is 10.9 Å². The summed E-state index contributed by atoms with van der Waals surface area (Å²) < 4.78 is 5.65. The minimum Gasteiger partial charge on any atom is -0.381 e. The molecule has 2 N–H and O–H groups in total. The van der Waals surface area contributed by atoms with Crippen LogP contribution in [0.2, 0.25) is 0 Å². The zero-order valence-corrected chi connectivity index (χ0v) is 21.0. The molecule has 0 radical (unpaired) electrons. The molecule has 3 fully saturated rings.